The van der Waals surface area contributed by atoms with Gasteiger partial charge in [0.15, 0.2) is 0 Å². The number of ether oxygens (including phenoxy) is 1. The summed E-state index contributed by atoms with van der Waals surface area (Å²) in [5.74, 6) is -0.429. The molecule has 1 aromatic rings. The second-order valence-corrected chi connectivity index (χ2v) is 3.35. The normalized spacial score (nSPS) is 12.1. The molecule has 0 amide bonds. The van der Waals surface area contributed by atoms with E-state index in [1.165, 1.54) is 12.1 Å². The van der Waals surface area contributed by atoms with Gasteiger partial charge in [-0.05, 0) is 31.3 Å². The van der Waals surface area contributed by atoms with Crippen molar-refractivity contribution in [3.63, 3.8) is 0 Å². The molecule has 0 saturated carbocycles. The van der Waals surface area contributed by atoms with E-state index in [-0.39, 0.29) is 12.2 Å². The Kier molecular flexibility index (Phi) is 4.75. The quantitative estimate of drug-likeness (QED) is 0.650. The minimum absolute atomic E-state index is 0.174. The molecule has 5 heteroatoms. The first kappa shape index (κ1) is 12.5. The number of nitrogens with one attached hydrogen (secondary N) is 1. The van der Waals surface area contributed by atoms with Crippen molar-refractivity contribution >= 4 is 5.97 Å². The molecule has 0 aliphatic carbocycles. The number of aromatic carboxylic acids is 1. The third-order valence-electron chi connectivity index (χ3n) is 1.98. The molecule has 0 aliphatic heterocycles. The van der Waals surface area contributed by atoms with E-state index >= 15 is 0 Å². The summed E-state index contributed by atoms with van der Waals surface area (Å²) in [5, 5.41) is 20.9. The number of hydrogen-bond donors (Lipinski definition) is 3. The summed E-state index contributed by atoms with van der Waals surface area (Å²) in [4.78, 5) is 10.6. The molecule has 16 heavy (non-hydrogen) atoms. The number of aliphatic hydroxyl groups excluding tert-OH is 1. The van der Waals surface area contributed by atoms with E-state index in [2.05, 4.69) is 5.32 Å². The van der Waals surface area contributed by atoms with Gasteiger partial charge in [0.05, 0.1) is 5.56 Å². The van der Waals surface area contributed by atoms with Crippen LogP contribution in [0.5, 0.6) is 5.75 Å². The zero-order valence-electron chi connectivity index (χ0n) is 9.01. The predicted octanol–water partition coefficient (Wildman–Crippen LogP) is 0.344. The molecule has 1 rings (SSSR count). The van der Waals surface area contributed by atoms with E-state index in [9.17, 15) is 9.90 Å². The lowest BCUT2D eigenvalue weighted by molar-refractivity contribution is 0.0696. The summed E-state index contributed by atoms with van der Waals surface area (Å²) >= 11 is 0. The Morgan fingerprint density at radius 3 is 2.56 bits per heavy atom. The Morgan fingerprint density at radius 2 is 2.06 bits per heavy atom. The molecular formula is C11H15NO4. The maximum Gasteiger partial charge on any atom is 0.335 e. The van der Waals surface area contributed by atoms with Crippen molar-refractivity contribution in [3.8, 4) is 5.75 Å². The van der Waals surface area contributed by atoms with Crippen LogP contribution >= 0.6 is 0 Å². The van der Waals surface area contributed by atoms with Crippen LogP contribution in [0.2, 0.25) is 0 Å². The van der Waals surface area contributed by atoms with Crippen LogP contribution < -0.4 is 10.1 Å². The number of carboxylic acids is 1. The lowest BCUT2D eigenvalue weighted by Crippen LogP contribution is -2.29. The molecule has 0 heterocycles. The highest BCUT2D eigenvalue weighted by Crippen LogP contribution is 2.12. The van der Waals surface area contributed by atoms with E-state index in [1.54, 1.807) is 19.2 Å². The smallest absolute Gasteiger partial charge is 0.335 e. The second kappa shape index (κ2) is 6.09. The maximum absolute atomic E-state index is 10.6. The Bertz CT molecular complexity index is 336. The van der Waals surface area contributed by atoms with Crippen LogP contribution in [0.4, 0.5) is 0 Å². The summed E-state index contributed by atoms with van der Waals surface area (Å²) < 4.78 is 5.27. The molecule has 0 fully saturated rings. The molecule has 88 valence electrons. The van der Waals surface area contributed by atoms with Gasteiger partial charge >= 0.3 is 5.97 Å². The number of aliphatic hydroxyl groups is 1. The number of hydrogen-bond acceptors (Lipinski definition) is 4. The number of carbonyl (C=O) groups is 1. The van der Waals surface area contributed by atoms with Gasteiger partial charge in [0.25, 0.3) is 0 Å². The molecule has 0 saturated heterocycles. The maximum atomic E-state index is 10.6. The van der Waals surface area contributed by atoms with E-state index < -0.39 is 12.1 Å². The molecule has 5 nitrogen and oxygen atoms in total. The first-order valence-electron chi connectivity index (χ1n) is 4.92. The van der Waals surface area contributed by atoms with Crippen LogP contribution in [0.15, 0.2) is 24.3 Å². The van der Waals surface area contributed by atoms with Crippen LogP contribution in [0.1, 0.15) is 10.4 Å². The van der Waals surface area contributed by atoms with Crippen LogP contribution in [0, 0.1) is 0 Å². The summed E-state index contributed by atoms with van der Waals surface area (Å²) in [6.07, 6.45) is -0.579. The standard InChI is InChI=1S/C11H15NO4/c1-12-6-9(13)7-16-10-4-2-8(3-5-10)11(14)15/h2-5,9,12-13H,6-7H2,1H3,(H,14,15). The molecule has 0 aromatic heterocycles. The highest BCUT2D eigenvalue weighted by molar-refractivity contribution is 5.87. The third kappa shape index (κ3) is 3.88. The Morgan fingerprint density at radius 1 is 1.44 bits per heavy atom. The lowest BCUT2D eigenvalue weighted by Gasteiger charge is -2.11. The van der Waals surface area contributed by atoms with Crippen molar-refractivity contribution in [1.29, 1.82) is 0 Å². The van der Waals surface area contributed by atoms with Gasteiger partial charge < -0.3 is 20.3 Å². The van der Waals surface area contributed by atoms with Crippen LogP contribution in [0.25, 0.3) is 0 Å². The third-order valence-corrected chi connectivity index (χ3v) is 1.98. The first-order chi connectivity index (χ1) is 7.63. The molecule has 0 radical (unpaired) electrons. The number of likely N-dealkylation sites (N-methyl/N-ethyl adjacent to an activating group) is 1. The van der Waals surface area contributed by atoms with E-state index in [4.69, 9.17) is 9.84 Å². The topological polar surface area (TPSA) is 78.8 Å². The summed E-state index contributed by atoms with van der Waals surface area (Å²) in [6.45, 7) is 0.625. The largest absolute Gasteiger partial charge is 0.491 e. The fourth-order valence-electron chi connectivity index (χ4n) is 1.18. The zero-order chi connectivity index (χ0) is 12.0. The monoisotopic (exact) mass is 225 g/mol. The highest BCUT2D eigenvalue weighted by Gasteiger charge is 2.05. The minimum Gasteiger partial charge on any atom is -0.491 e. The van der Waals surface area contributed by atoms with Gasteiger partial charge in [-0.1, -0.05) is 0 Å². The molecule has 1 atom stereocenters. The fourth-order valence-corrected chi connectivity index (χ4v) is 1.18. The molecule has 3 N–H and O–H groups in total. The first-order valence-corrected chi connectivity index (χ1v) is 4.92. The summed E-state index contributed by atoms with van der Waals surface area (Å²) in [5.41, 5.74) is 0.211. The predicted molar refractivity (Wildman–Crippen MR) is 58.8 cm³/mol. The van der Waals surface area contributed by atoms with E-state index in [1.807, 2.05) is 0 Å². The summed E-state index contributed by atoms with van der Waals surface area (Å²) in [6, 6.07) is 6.05. The summed E-state index contributed by atoms with van der Waals surface area (Å²) in [7, 11) is 1.74. The van der Waals surface area contributed by atoms with Crippen molar-refractivity contribution in [2.75, 3.05) is 20.2 Å². The molecule has 1 aromatic carbocycles. The lowest BCUT2D eigenvalue weighted by atomic mass is 10.2. The SMILES string of the molecule is CNCC(O)COc1ccc(C(=O)O)cc1. The van der Waals surface area contributed by atoms with Gasteiger partial charge in [0.2, 0.25) is 0 Å². The molecule has 1 unspecified atom stereocenters. The van der Waals surface area contributed by atoms with Gasteiger partial charge in [-0.15, -0.1) is 0 Å². The molecular weight excluding hydrogens is 210 g/mol. The minimum atomic E-state index is -0.971. The molecule has 0 bridgehead atoms. The van der Waals surface area contributed by atoms with E-state index in [0.717, 1.165) is 0 Å². The zero-order valence-corrected chi connectivity index (χ0v) is 9.01. The van der Waals surface area contributed by atoms with Gasteiger partial charge in [-0.2, -0.15) is 0 Å². The van der Waals surface area contributed by atoms with Crippen LogP contribution in [-0.4, -0.2) is 42.5 Å². The second-order valence-electron chi connectivity index (χ2n) is 3.35. The molecule has 0 spiro atoms. The Labute approximate surface area is 93.7 Å². The average Bonchev–Trinajstić information content (AvgIpc) is 2.27. The average molecular weight is 225 g/mol. The van der Waals surface area contributed by atoms with Crippen molar-refractivity contribution in [3.05, 3.63) is 29.8 Å². The van der Waals surface area contributed by atoms with Crippen LogP contribution in [0.3, 0.4) is 0 Å². The van der Waals surface area contributed by atoms with Gasteiger partial charge in [0, 0.05) is 6.54 Å². The number of carboxylic acid groups (broad SMARTS) is 1. The van der Waals surface area contributed by atoms with Gasteiger partial charge in [-0.3, -0.25) is 0 Å². The Balaban J connectivity index is 2.46. The molecule has 0 aliphatic rings. The van der Waals surface area contributed by atoms with Crippen LogP contribution in [-0.2, 0) is 0 Å². The number of benzene rings is 1. The van der Waals surface area contributed by atoms with Crippen molar-refractivity contribution in [2.24, 2.45) is 0 Å². The van der Waals surface area contributed by atoms with Crippen molar-refractivity contribution in [1.82, 2.24) is 5.32 Å². The van der Waals surface area contributed by atoms with Gasteiger partial charge in [-0.25, -0.2) is 4.79 Å². The van der Waals surface area contributed by atoms with E-state index in [0.29, 0.717) is 12.3 Å². The van der Waals surface area contributed by atoms with Crippen molar-refractivity contribution in [2.45, 2.75) is 6.10 Å². The highest BCUT2D eigenvalue weighted by atomic mass is 16.5. The van der Waals surface area contributed by atoms with Crippen molar-refractivity contribution < 1.29 is 19.7 Å². The number of rotatable bonds is 6. The fraction of sp³-hybridized carbons (Fsp3) is 0.364. The Hall–Kier alpha value is -1.59. The van der Waals surface area contributed by atoms with Gasteiger partial charge in [0.1, 0.15) is 18.5 Å².